The molecule has 0 saturated carbocycles. The Morgan fingerprint density at radius 2 is 1.94 bits per heavy atom. The number of carbonyl (C=O) groups is 2. The number of fused-ring (bicyclic) bond motifs is 2. The molecule has 34 heavy (non-hydrogen) atoms. The molecule has 0 unspecified atom stereocenters. The van der Waals surface area contributed by atoms with E-state index in [1.807, 2.05) is 0 Å². The molecule has 1 amide bonds. The minimum atomic E-state index is -0.638. The van der Waals surface area contributed by atoms with E-state index >= 15 is 0 Å². The number of nitrogens with zero attached hydrogens (tertiary/aromatic N) is 2. The van der Waals surface area contributed by atoms with Gasteiger partial charge in [0.2, 0.25) is 18.4 Å². The zero-order valence-electron chi connectivity index (χ0n) is 18.2. The Hall–Kier alpha value is -3.86. The SMILES string of the molecule is COC(=O)Cn1c2c(sc1=O)[C@H](c1cc(OC)c3c(c1)OCO3)CC(=O)N2c1ccc(F)cc1. The van der Waals surface area contributed by atoms with Crippen LogP contribution in [0, 0.1) is 5.82 Å². The molecule has 0 saturated heterocycles. The van der Waals surface area contributed by atoms with Crippen LogP contribution in [0.2, 0.25) is 0 Å². The molecule has 0 bridgehead atoms. The summed E-state index contributed by atoms with van der Waals surface area (Å²) in [5, 5.41) is 0. The molecule has 0 radical (unpaired) electrons. The molecule has 0 N–H and O–H groups in total. The molecule has 2 aliphatic rings. The molecule has 0 aliphatic carbocycles. The van der Waals surface area contributed by atoms with Gasteiger partial charge in [-0.25, -0.2) is 4.39 Å². The minimum Gasteiger partial charge on any atom is -0.493 e. The van der Waals surface area contributed by atoms with Crippen LogP contribution in [0.5, 0.6) is 17.2 Å². The molecule has 1 atom stereocenters. The molecular formula is C23H19FN2O7S. The van der Waals surface area contributed by atoms with Gasteiger partial charge in [-0.2, -0.15) is 0 Å². The minimum absolute atomic E-state index is 0.0331. The van der Waals surface area contributed by atoms with Crippen LogP contribution in [0.1, 0.15) is 22.8 Å². The van der Waals surface area contributed by atoms with Crippen molar-refractivity contribution in [2.45, 2.75) is 18.9 Å². The Morgan fingerprint density at radius 3 is 2.65 bits per heavy atom. The molecular weight excluding hydrogens is 467 g/mol. The third-order valence-corrected chi connectivity index (χ3v) is 6.81. The first-order valence-electron chi connectivity index (χ1n) is 10.3. The number of aromatic nitrogens is 1. The average Bonchev–Trinajstić information content (AvgIpc) is 3.43. The standard InChI is InChI=1S/C23H19FN2O7S/c1-30-16-7-12(8-17-20(16)33-11-32-17)15-9-18(27)26(14-5-3-13(24)4-6-14)22-21(15)34-23(29)25(22)10-19(28)31-2/h3-8,15H,9-11H2,1-2H3/t15-/m0/s1. The predicted octanol–water partition coefficient (Wildman–Crippen LogP) is 3.16. The van der Waals surface area contributed by atoms with Crippen molar-refractivity contribution in [3.05, 3.63) is 62.3 Å². The number of esters is 1. The van der Waals surface area contributed by atoms with Crippen LogP contribution >= 0.6 is 11.3 Å². The van der Waals surface area contributed by atoms with Crippen molar-refractivity contribution < 1.29 is 32.9 Å². The number of carbonyl (C=O) groups excluding carboxylic acids is 2. The first-order chi connectivity index (χ1) is 16.4. The highest BCUT2D eigenvalue weighted by atomic mass is 32.1. The Balaban J connectivity index is 1.69. The molecule has 1 aromatic heterocycles. The Bertz CT molecular complexity index is 1350. The van der Waals surface area contributed by atoms with Gasteiger partial charge in [0.15, 0.2) is 11.5 Å². The number of ether oxygens (including phenoxy) is 4. The number of rotatable bonds is 5. The maximum atomic E-state index is 13.6. The molecule has 3 heterocycles. The molecule has 0 spiro atoms. The lowest BCUT2D eigenvalue weighted by molar-refractivity contribution is -0.141. The van der Waals surface area contributed by atoms with Crippen molar-refractivity contribution in [1.82, 2.24) is 4.57 Å². The molecule has 11 heteroatoms. The van der Waals surface area contributed by atoms with E-state index in [0.29, 0.717) is 33.4 Å². The number of methoxy groups -OCH3 is 2. The fourth-order valence-corrected chi connectivity index (χ4v) is 5.26. The summed E-state index contributed by atoms with van der Waals surface area (Å²) in [6.45, 7) is -0.325. The van der Waals surface area contributed by atoms with Gasteiger partial charge < -0.3 is 18.9 Å². The van der Waals surface area contributed by atoms with Crippen LogP contribution in [0.4, 0.5) is 15.9 Å². The Morgan fingerprint density at radius 1 is 1.18 bits per heavy atom. The van der Waals surface area contributed by atoms with E-state index in [1.165, 1.54) is 48.0 Å². The fraction of sp³-hybridized carbons (Fsp3) is 0.261. The Kier molecular flexibility index (Phi) is 5.48. The van der Waals surface area contributed by atoms with Crippen LogP contribution in [0.15, 0.2) is 41.2 Å². The van der Waals surface area contributed by atoms with Gasteiger partial charge in [-0.1, -0.05) is 11.3 Å². The van der Waals surface area contributed by atoms with Crippen molar-refractivity contribution >= 4 is 34.7 Å². The van der Waals surface area contributed by atoms with Gasteiger partial charge in [0.05, 0.1) is 24.8 Å². The largest absolute Gasteiger partial charge is 0.493 e. The monoisotopic (exact) mass is 486 g/mol. The summed E-state index contributed by atoms with van der Waals surface area (Å²) in [6, 6.07) is 8.86. The molecule has 9 nitrogen and oxygen atoms in total. The summed E-state index contributed by atoms with van der Waals surface area (Å²) in [6.07, 6.45) is 0.0331. The normalized spacial score (nSPS) is 16.4. The van der Waals surface area contributed by atoms with Crippen molar-refractivity contribution in [3.63, 3.8) is 0 Å². The van der Waals surface area contributed by atoms with Crippen molar-refractivity contribution in [2.24, 2.45) is 0 Å². The van der Waals surface area contributed by atoms with Gasteiger partial charge in [0.25, 0.3) is 0 Å². The lowest BCUT2D eigenvalue weighted by Crippen LogP contribution is -2.36. The third kappa shape index (κ3) is 3.58. The van der Waals surface area contributed by atoms with Crippen LogP contribution < -0.4 is 24.0 Å². The van der Waals surface area contributed by atoms with Crippen molar-refractivity contribution in [2.75, 3.05) is 25.9 Å². The summed E-state index contributed by atoms with van der Waals surface area (Å²) in [5.74, 6) is -0.275. The highest BCUT2D eigenvalue weighted by Gasteiger charge is 2.39. The van der Waals surface area contributed by atoms with Crippen molar-refractivity contribution in [3.8, 4) is 17.2 Å². The number of hydrogen-bond donors (Lipinski definition) is 0. The van der Waals surface area contributed by atoms with E-state index in [9.17, 15) is 18.8 Å². The second-order valence-corrected chi connectivity index (χ2v) is 8.63. The number of anilines is 2. The van der Waals surface area contributed by atoms with Gasteiger partial charge in [-0.05, 0) is 42.0 Å². The molecule has 5 rings (SSSR count). The second kappa shape index (κ2) is 8.49. The molecule has 2 aliphatic heterocycles. The second-order valence-electron chi connectivity index (χ2n) is 7.64. The van der Waals surface area contributed by atoms with Gasteiger partial charge in [0.1, 0.15) is 18.2 Å². The van der Waals surface area contributed by atoms with E-state index in [1.54, 1.807) is 12.1 Å². The van der Waals surface area contributed by atoms with Gasteiger partial charge in [0, 0.05) is 12.3 Å². The fourth-order valence-electron chi connectivity index (χ4n) is 4.16. The van der Waals surface area contributed by atoms with Gasteiger partial charge in [-0.15, -0.1) is 0 Å². The Labute approximate surface area is 196 Å². The first-order valence-corrected chi connectivity index (χ1v) is 11.1. The zero-order chi connectivity index (χ0) is 24.0. The van der Waals surface area contributed by atoms with Crippen molar-refractivity contribution in [1.29, 1.82) is 0 Å². The van der Waals surface area contributed by atoms with Crippen LogP contribution in [0.25, 0.3) is 0 Å². The highest BCUT2D eigenvalue weighted by molar-refractivity contribution is 7.10. The summed E-state index contributed by atoms with van der Waals surface area (Å²) in [7, 11) is 2.72. The lowest BCUT2D eigenvalue weighted by atomic mass is 9.90. The van der Waals surface area contributed by atoms with E-state index in [0.717, 1.165) is 11.3 Å². The first kappa shape index (κ1) is 22.0. The number of amides is 1. The quantitative estimate of drug-likeness (QED) is 0.511. The highest BCUT2D eigenvalue weighted by Crippen LogP contribution is 2.49. The number of benzene rings is 2. The predicted molar refractivity (Wildman–Crippen MR) is 120 cm³/mol. The topological polar surface area (TPSA) is 96.3 Å². The summed E-state index contributed by atoms with van der Waals surface area (Å²) >= 11 is 0.941. The van der Waals surface area contributed by atoms with Crippen LogP contribution in [-0.2, 0) is 20.9 Å². The van der Waals surface area contributed by atoms with Crippen LogP contribution in [-0.4, -0.2) is 37.5 Å². The molecule has 0 fully saturated rings. The number of thiazole rings is 1. The van der Waals surface area contributed by atoms with E-state index in [2.05, 4.69) is 0 Å². The van der Waals surface area contributed by atoms with Gasteiger partial charge >= 0.3 is 10.8 Å². The maximum absolute atomic E-state index is 13.6. The van der Waals surface area contributed by atoms with E-state index in [4.69, 9.17) is 18.9 Å². The van der Waals surface area contributed by atoms with Gasteiger partial charge in [-0.3, -0.25) is 23.9 Å². The average molecular weight is 486 g/mol. The maximum Gasteiger partial charge on any atom is 0.325 e. The number of halogens is 1. The lowest BCUT2D eigenvalue weighted by Gasteiger charge is -2.32. The molecule has 176 valence electrons. The summed E-state index contributed by atoms with van der Waals surface area (Å²) in [5.41, 5.74) is 1.08. The summed E-state index contributed by atoms with van der Waals surface area (Å²) < 4.78 is 36.0. The third-order valence-electron chi connectivity index (χ3n) is 5.73. The molecule has 2 aromatic carbocycles. The molecule has 3 aromatic rings. The van der Waals surface area contributed by atoms with Crippen LogP contribution in [0.3, 0.4) is 0 Å². The summed E-state index contributed by atoms with van der Waals surface area (Å²) in [4.78, 5) is 40.0. The zero-order valence-corrected chi connectivity index (χ0v) is 19.0. The smallest absolute Gasteiger partial charge is 0.325 e. The van der Waals surface area contributed by atoms with E-state index in [-0.39, 0.29) is 31.5 Å². The number of hydrogen-bond acceptors (Lipinski definition) is 8. The van der Waals surface area contributed by atoms with E-state index < -0.39 is 22.6 Å².